The molecule has 3 rings (SSSR count). The van der Waals surface area contributed by atoms with Crippen molar-refractivity contribution in [3.05, 3.63) is 29.6 Å². The number of amides is 1. The molecular formula is C15H19N5O. The Morgan fingerprint density at radius 2 is 1.90 bits per heavy atom. The number of hydrogen-bond acceptors (Lipinski definition) is 4. The SMILES string of the molecule is Cc1nc(C)n(-c2ncc(NC(=O)C3CCC3)cn2)c1C. The summed E-state index contributed by atoms with van der Waals surface area (Å²) in [7, 11) is 0. The Hall–Kier alpha value is -2.24. The molecule has 0 aliphatic heterocycles. The highest BCUT2D eigenvalue weighted by Crippen LogP contribution is 2.27. The lowest BCUT2D eigenvalue weighted by Crippen LogP contribution is -2.28. The molecule has 1 N–H and O–H groups in total. The fourth-order valence-corrected chi connectivity index (χ4v) is 2.49. The number of anilines is 1. The van der Waals surface area contributed by atoms with Crippen LogP contribution in [0.1, 0.15) is 36.5 Å². The maximum Gasteiger partial charge on any atom is 0.235 e. The van der Waals surface area contributed by atoms with Crippen LogP contribution in [0.5, 0.6) is 0 Å². The van der Waals surface area contributed by atoms with Gasteiger partial charge < -0.3 is 5.32 Å². The summed E-state index contributed by atoms with van der Waals surface area (Å²) in [5.41, 5.74) is 2.64. The topological polar surface area (TPSA) is 72.7 Å². The van der Waals surface area contributed by atoms with E-state index in [9.17, 15) is 4.79 Å². The number of aromatic nitrogens is 4. The summed E-state index contributed by atoms with van der Waals surface area (Å²) >= 11 is 0. The summed E-state index contributed by atoms with van der Waals surface area (Å²) in [6.45, 7) is 5.88. The van der Waals surface area contributed by atoms with Crippen molar-refractivity contribution in [2.24, 2.45) is 5.92 Å². The monoisotopic (exact) mass is 285 g/mol. The molecule has 1 amide bonds. The molecule has 2 aromatic rings. The van der Waals surface area contributed by atoms with Crippen LogP contribution < -0.4 is 5.32 Å². The molecule has 1 saturated carbocycles. The van der Waals surface area contributed by atoms with Gasteiger partial charge >= 0.3 is 0 Å². The number of aryl methyl sites for hydroxylation is 2. The average Bonchev–Trinajstić information content (AvgIpc) is 2.62. The van der Waals surface area contributed by atoms with E-state index in [1.165, 1.54) is 0 Å². The molecule has 6 heteroatoms. The third-order valence-corrected chi connectivity index (χ3v) is 4.09. The van der Waals surface area contributed by atoms with Crippen LogP contribution in [0.15, 0.2) is 12.4 Å². The van der Waals surface area contributed by atoms with Crippen molar-refractivity contribution in [1.29, 1.82) is 0 Å². The predicted octanol–water partition coefficient (Wildman–Crippen LogP) is 2.33. The van der Waals surface area contributed by atoms with E-state index in [2.05, 4.69) is 20.3 Å². The number of nitrogens with zero attached hydrogens (tertiary/aromatic N) is 4. The Bertz CT molecular complexity index is 670. The van der Waals surface area contributed by atoms with Gasteiger partial charge in [0.15, 0.2) is 0 Å². The highest BCUT2D eigenvalue weighted by atomic mass is 16.1. The number of rotatable bonds is 3. The maximum absolute atomic E-state index is 11.9. The van der Waals surface area contributed by atoms with Gasteiger partial charge in [-0.2, -0.15) is 0 Å². The number of nitrogens with one attached hydrogen (secondary N) is 1. The number of carbonyl (C=O) groups excluding carboxylic acids is 1. The molecule has 0 bridgehead atoms. The molecule has 2 heterocycles. The molecule has 1 aliphatic carbocycles. The van der Waals surface area contributed by atoms with E-state index in [1.807, 2.05) is 25.3 Å². The summed E-state index contributed by atoms with van der Waals surface area (Å²) in [6.07, 6.45) is 6.40. The quantitative estimate of drug-likeness (QED) is 0.939. The molecule has 0 atom stereocenters. The molecular weight excluding hydrogens is 266 g/mol. The second-order valence-electron chi connectivity index (χ2n) is 5.55. The van der Waals surface area contributed by atoms with Crippen molar-refractivity contribution in [2.45, 2.75) is 40.0 Å². The van der Waals surface area contributed by atoms with Gasteiger partial charge in [-0.3, -0.25) is 9.36 Å². The van der Waals surface area contributed by atoms with E-state index in [0.29, 0.717) is 11.6 Å². The van der Waals surface area contributed by atoms with Crippen LogP contribution in [-0.4, -0.2) is 25.4 Å². The predicted molar refractivity (Wildman–Crippen MR) is 79.3 cm³/mol. The van der Waals surface area contributed by atoms with Gasteiger partial charge in [0.2, 0.25) is 11.9 Å². The molecule has 6 nitrogen and oxygen atoms in total. The average molecular weight is 285 g/mol. The van der Waals surface area contributed by atoms with E-state index >= 15 is 0 Å². The van der Waals surface area contributed by atoms with Crippen LogP contribution in [0.25, 0.3) is 5.95 Å². The van der Waals surface area contributed by atoms with E-state index in [1.54, 1.807) is 12.4 Å². The minimum atomic E-state index is 0.0726. The van der Waals surface area contributed by atoms with Gasteiger partial charge in [0.05, 0.1) is 23.8 Å². The molecule has 0 radical (unpaired) electrons. The lowest BCUT2D eigenvalue weighted by molar-refractivity contribution is -0.122. The Kier molecular flexibility index (Phi) is 3.45. The van der Waals surface area contributed by atoms with Gasteiger partial charge in [0.25, 0.3) is 0 Å². The van der Waals surface area contributed by atoms with Crippen molar-refractivity contribution in [1.82, 2.24) is 19.5 Å². The summed E-state index contributed by atoms with van der Waals surface area (Å²) in [4.78, 5) is 25.0. The molecule has 0 aromatic carbocycles. The van der Waals surface area contributed by atoms with Gasteiger partial charge in [-0.1, -0.05) is 6.42 Å². The summed E-state index contributed by atoms with van der Waals surface area (Å²) in [5.74, 6) is 1.66. The highest BCUT2D eigenvalue weighted by molar-refractivity contribution is 5.92. The zero-order valence-corrected chi connectivity index (χ0v) is 12.6. The van der Waals surface area contributed by atoms with E-state index in [0.717, 1.165) is 36.5 Å². The Morgan fingerprint density at radius 3 is 2.38 bits per heavy atom. The third-order valence-electron chi connectivity index (χ3n) is 4.09. The molecule has 1 aliphatic rings. The van der Waals surface area contributed by atoms with Gasteiger partial charge in [0, 0.05) is 11.6 Å². The fourth-order valence-electron chi connectivity index (χ4n) is 2.49. The van der Waals surface area contributed by atoms with E-state index < -0.39 is 0 Å². The van der Waals surface area contributed by atoms with Crippen LogP contribution >= 0.6 is 0 Å². The standard InChI is InChI=1S/C15H19N5O/c1-9-10(2)20(11(3)18-9)15-16-7-13(8-17-15)19-14(21)12-5-4-6-12/h7-8,12H,4-6H2,1-3H3,(H,19,21). The zero-order chi connectivity index (χ0) is 15.0. The summed E-state index contributed by atoms with van der Waals surface area (Å²) < 4.78 is 1.91. The molecule has 2 aromatic heterocycles. The van der Waals surface area contributed by atoms with Crippen molar-refractivity contribution in [3.8, 4) is 5.95 Å². The number of imidazole rings is 1. The normalized spacial score (nSPS) is 14.8. The van der Waals surface area contributed by atoms with Crippen LogP contribution in [0, 0.1) is 26.7 Å². The molecule has 1 fully saturated rings. The minimum Gasteiger partial charge on any atom is -0.323 e. The molecule has 0 spiro atoms. The first kappa shape index (κ1) is 13.7. The van der Waals surface area contributed by atoms with Gasteiger partial charge in [0.1, 0.15) is 5.82 Å². The first-order chi connectivity index (χ1) is 10.1. The van der Waals surface area contributed by atoms with Crippen LogP contribution in [-0.2, 0) is 4.79 Å². The van der Waals surface area contributed by atoms with E-state index in [-0.39, 0.29) is 11.8 Å². The van der Waals surface area contributed by atoms with Crippen LogP contribution in [0.2, 0.25) is 0 Å². The Balaban J connectivity index is 1.79. The highest BCUT2D eigenvalue weighted by Gasteiger charge is 2.25. The summed E-state index contributed by atoms with van der Waals surface area (Å²) in [5, 5.41) is 2.87. The minimum absolute atomic E-state index is 0.0726. The van der Waals surface area contributed by atoms with E-state index in [4.69, 9.17) is 0 Å². The van der Waals surface area contributed by atoms with Crippen molar-refractivity contribution in [3.63, 3.8) is 0 Å². The maximum atomic E-state index is 11.9. The first-order valence-corrected chi connectivity index (χ1v) is 7.22. The largest absolute Gasteiger partial charge is 0.323 e. The van der Waals surface area contributed by atoms with Crippen molar-refractivity contribution >= 4 is 11.6 Å². The van der Waals surface area contributed by atoms with Crippen LogP contribution in [0.3, 0.4) is 0 Å². The third kappa shape index (κ3) is 2.53. The summed E-state index contributed by atoms with van der Waals surface area (Å²) in [6, 6.07) is 0. The fraction of sp³-hybridized carbons (Fsp3) is 0.467. The molecule has 0 unspecified atom stereocenters. The van der Waals surface area contributed by atoms with Crippen LogP contribution in [0.4, 0.5) is 5.69 Å². The Labute approximate surface area is 123 Å². The van der Waals surface area contributed by atoms with Gasteiger partial charge in [-0.05, 0) is 33.6 Å². The zero-order valence-electron chi connectivity index (χ0n) is 12.6. The van der Waals surface area contributed by atoms with Crippen molar-refractivity contribution in [2.75, 3.05) is 5.32 Å². The second kappa shape index (κ2) is 5.27. The van der Waals surface area contributed by atoms with Gasteiger partial charge in [-0.25, -0.2) is 15.0 Å². The van der Waals surface area contributed by atoms with Gasteiger partial charge in [-0.15, -0.1) is 0 Å². The first-order valence-electron chi connectivity index (χ1n) is 7.22. The number of carbonyl (C=O) groups is 1. The Morgan fingerprint density at radius 1 is 1.24 bits per heavy atom. The second-order valence-corrected chi connectivity index (χ2v) is 5.55. The molecule has 21 heavy (non-hydrogen) atoms. The smallest absolute Gasteiger partial charge is 0.235 e. The lowest BCUT2D eigenvalue weighted by Gasteiger charge is -2.23. The molecule has 110 valence electrons. The molecule has 0 saturated heterocycles. The van der Waals surface area contributed by atoms with Crippen molar-refractivity contribution < 1.29 is 4.79 Å². The number of hydrogen-bond donors (Lipinski definition) is 1. The lowest BCUT2D eigenvalue weighted by atomic mass is 9.85.